The van der Waals surface area contributed by atoms with Gasteiger partial charge in [-0.1, -0.05) is 18.2 Å². The Balaban J connectivity index is 2.16. The van der Waals surface area contributed by atoms with Gasteiger partial charge in [0.05, 0.1) is 0 Å². The molecule has 0 radical (unpaired) electrons. The summed E-state index contributed by atoms with van der Waals surface area (Å²) in [7, 11) is 0. The molecule has 0 atom stereocenters. The number of unbranched alkanes of at least 4 members (excludes halogenated alkanes) is 1. The quantitative estimate of drug-likeness (QED) is 0.396. The standard InChI is InChI=1S/C10H13ClS/c11-8-4-5-9-12-10-6-2-1-3-7-10/h1-3,6-7H,4-5,8-9H2. The van der Waals surface area contributed by atoms with Gasteiger partial charge in [0.15, 0.2) is 0 Å². The Labute approximate surface area is 83.3 Å². The lowest BCUT2D eigenvalue weighted by atomic mass is 10.4. The zero-order valence-corrected chi connectivity index (χ0v) is 8.57. The molecule has 0 bridgehead atoms. The van der Waals surface area contributed by atoms with Crippen LogP contribution in [-0.4, -0.2) is 11.6 Å². The Kier molecular flexibility index (Phi) is 5.29. The minimum Gasteiger partial charge on any atom is -0.127 e. The van der Waals surface area contributed by atoms with Crippen molar-refractivity contribution in [2.45, 2.75) is 17.7 Å². The minimum absolute atomic E-state index is 0.787. The van der Waals surface area contributed by atoms with Crippen molar-refractivity contribution < 1.29 is 0 Å². The number of halogens is 1. The highest BCUT2D eigenvalue weighted by molar-refractivity contribution is 7.99. The summed E-state index contributed by atoms with van der Waals surface area (Å²) in [6.07, 6.45) is 2.34. The summed E-state index contributed by atoms with van der Waals surface area (Å²) in [5.74, 6) is 1.96. The SMILES string of the molecule is ClCCCCSc1ccccc1. The zero-order valence-electron chi connectivity index (χ0n) is 7.00. The van der Waals surface area contributed by atoms with Crippen LogP contribution in [0, 0.1) is 0 Å². The molecule has 0 spiro atoms. The van der Waals surface area contributed by atoms with Crippen LogP contribution in [0.5, 0.6) is 0 Å². The molecule has 1 aromatic carbocycles. The van der Waals surface area contributed by atoms with Crippen LogP contribution in [0.15, 0.2) is 35.2 Å². The number of rotatable bonds is 5. The summed E-state index contributed by atoms with van der Waals surface area (Å²) in [6.45, 7) is 0. The van der Waals surface area contributed by atoms with Crippen molar-refractivity contribution >= 4 is 23.4 Å². The van der Waals surface area contributed by atoms with Gasteiger partial charge in [0, 0.05) is 10.8 Å². The van der Waals surface area contributed by atoms with Crippen LogP contribution in [0.3, 0.4) is 0 Å². The van der Waals surface area contributed by atoms with Gasteiger partial charge >= 0.3 is 0 Å². The summed E-state index contributed by atoms with van der Waals surface area (Å²) in [6, 6.07) is 10.5. The lowest BCUT2D eigenvalue weighted by Crippen LogP contribution is -1.81. The monoisotopic (exact) mass is 200 g/mol. The summed E-state index contributed by atoms with van der Waals surface area (Å²) < 4.78 is 0. The molecule has 2 heteroatoms. The van der Waals surface area contributed by atoms with E-state index in [-0.39, 0.29) is 0 Å². The van der Waals surface area contributed by atoms with Gasteiger partial charge in [-0.25, -0.2) is 0 Å². The van der Waals surface area contributed by atoms with Crippen LogP contribution in [-0.2, 0) is 0 Å². The van der Waals surface area contributed by atoms with Gasteiger partial charge in [0.2, 0.25) is 0 Å². The molecule has 0 amide bonds. The highest BCUT2D eigenvalue weighted by atomic mass is 35.5. The molecule has 0 unspecified atom stereocenters. The third-order valence-electron chi connectivity index (χ3n) is 1.54. The van der Waals surface area contributed by atoms with Gasteiger partial charge in [-0.2, -0.15) is 0 Å². The summed E-state index contributed by atoms with van der Waals surface area (Å²) in [4.78, 5) is 1.35. The van der Waals surface area contributed by atoms with Crippen LogP contribution in [0.25, 0.3) is 0 Å². The molecule has 0 fully saturated rings. The van der Waals surface area contributed by atoms with Crippen molar-refractivity contribution in [1.29, 1.82) is 0 Å². The van der Waals surface area contributed by atoms with E-state index in [1.165, 1.54) is 17.1 Å². The molecule has 0 nitrogen and oxygen atoms in total. The maximum absolute atomic E-state index is 5.57. The van der Waals surface area contributed by atoms with Crippen molar-refractivity contribution in [1.82, 2.24) is 0 Å². The Hall–Kier alpha value is -0.140. The first-order valence-corrected chi connectivity index (χ1v) is 5.69. The zero-order chi connectivity index (χ0) is 8.65. The van der Waals surface area contributed by atoms with E-state index >= 15 is 0 Å². The first-order chi connectivity index (χ1) is 5.93. The largest absolute Gasteiger partial charge is 0.127 e. The third kappa shape index (κ3) is 4.03. The first kappa shape index (κ1) is 9.94. The lowest BCUT2D eigenvalue weighted by Gasteiger charge is -1.98. The fraction of sp³-hybridized carbons (Fsp3) is 0.400. The van der Waals surface area contributed by atoms with Crippen LogP contribution in [0.4, 0.5) is 0 Å². The maximum Gasteiger partial charge on any atom is 0.0223 e. The predicted octanol–water partition coefficient (Wildman–Crippen LogP) is 3.80. The van der Waals surface area contributed by atoms with Gasteiger partial charge in [-0.05, 0) is 30.7 Å². The van der Waals surface area contributed by atoms with E-state index in [4.69, 9.17) is 11.6 Å². The topological polar surface area (TPSA) is 0 Å². The molecule has 0 aliphatic rings. The van der Waals surface area contributed by atoms with E-state index in [1.807, 2.05) is 17.8 Å². The average Bonchev–Trinajstić information content (AvgIpc) is 2.14. The number of hydrogen-bond donors (Lipinski definition) is 0. The molecule has 0 N–H and O–H groups in total. The number of hydrogen-bond acceptors (Lipinski definition) is 1. The minimum atomic E-state index is 0.787. The van der Waals surface area contributed by atoms with Gasteiger partial charge < -0.3 is 0 Å². The molecular weight excluding hydrogens is 188 g/mol. The molecule has 12 heavy (non-hydrogen) atoms. The number of benzene rings is 1. The Morgan fingerprint density at radius 3 is 2.50 bits per heavy atom. The molecule has 0 saturated heterocycles. The molecule has 1 aromatic rings. The van der Waals surface area contributed by atoms with E-state index in [0.29, 0.717) is 0 Å². The molecule has 0 aromatic heterocycles. The van der Waals surface area contributed by atoms with Crippen LogP contribution in [0.1, 0.15) is 12.8 Å². The van der Waals surface area contributed by atoms with Crippen molar-refractivity contribution in [3.63, 3.8) is 0 Å². The predicted molar refractivity (Wildman–Crippen MR) is 57.1 cm³/mol. The van der Waals surface area contributed by atoms with Crippen LogP contribution < -0.4 is 0 Å². The van der Waals surface area contributed by atoms with E-state index in [1.54, 1.807) is 0 Å². The molecule has 1 rings (SSSR count). The fourth-order valence-corrected chi connectivity index (χ4v) is 2.03. The van der Waals surface area contributed by atoms with Crippen molar-refractivity contribution in [3.8, 4) is 0 Å². The van der Waals surface area contributed by atoms with Gasteiger partial charge in [-0.3, -0.25) is 0 Å². The number of thioether (sulfide) groups is 1. The van der Waals surface area contributed by atoms with Gasteiger partial charge in [-0.15, -0.1) is 23.4 Å². The molecule has 0 aliphatic carbocycles. The van der Waals surface area contributed by atoms with Crippen LogP contribution in [0.2, 0.25) is 0 Å². The Bertz CT molecular complexity index is 198. The average molecular weight is 201 g/mol. The molecule has 0 heterocycles. The molecular formula is C10H13ClS. The second-order valence-corrected chi connectivity index (χ2v) is 4.10. The third-order valence-corrected chi connectivity index (χ3v) is 2.91. The van der Waals surface area contributed by atoms with Crippen molar-refractivity contribution in [3.05, 3.63) is 30.3 Å². The molecule has 66 valence electrons. The Morgan fingerprint density at radius 2 is 1.83 bits per heavy atom. The highest BCUT2D eigenvalue weighted by Crippen LogP contribution is 2.18. The summed E-state index contributed by atoms with van der Waals surface area (Å²) in [5, 5.41) is 0. The highest BCUT2D eigenvalue weighted by Gasteiger charge is 1.91. The summed E-state index contributed by atoms with van der Waals surface area (Å²) >= 11 is 7.48. The first-order valence-electron chi connectivity index (χ1n) is 4.17. The maximum atomic E-state index is 5.57. The van der Waals surface area contributed by atoms with E-state index in [2.05, 4.69) is 24.3 Å². The van der Waals surface area contributed by atoms with Crippen LogP contribution >= 0.6 is 23.4 Å². The number of alkyl halides is 1. The molecule has 0 saturated carbocycles. The fourth-order valence-electron chi connectivity index (χ4n) is 0.903. The normalized spacial score (nSPS) is 10.1. The van der Waals surface area contributed by atoms with E-state index < -0.39 is 0 Å². The van der Waals surface area contributed by atoms with E-state index in [9.17, 15) is 0 Å². The van der Waals surface area contributed by atoms with Gasteiger partial charge in [0.25, 0.3) is 0 Å². The summed E-state index contributed by atoms with van der Waals surface area (Å²) in [5.41, 5.74) is 0. The van der Waals surface area contributed by atoms with Crippen molar-refractivity contribution in [2.75, 3.05) is 11.6 Å². The Morgan fingerprint density at radius 1 is 1.08 bits per heavy atom. The second kappa shape index (κ2) is 6.38. The smallest absolute Gasteiger partial charge is 0.0223 e. The second-order valence-electron chi connectivity index (χ2n) is 2.56. The van der Waals surface area contributed by atoms with E-state index in [0.717, 1.165) is 12.3 Å². The molecule has 0 aliphatic heterocycles. The lowest BCUT2D eigenvalue weighted by molar-refractivity contribution is 0.903. The van der Waals surface area contributed by atoms with Crippen molar-refractivity contribution in [2.24, 2.45) is 0 Å². The van der Waals surface area contributed by atoms with Gasteiger partial charge in [0.1, 0.15) is 0 Å².